The lowest BCUT2D eigenvalue weighted by Gasteiger charge is -2.23. The molecule has 0 unspecified atom stereocenters. The number of hydrogen-bond acceptors (Lipinski definition) is 4. The number of likely N-dealkylation sites (tertiary alicyclic amines) is 1. The van der Waals surface area contributed by atoms with Crippen LogP contribution < -0.4 is 5.73 Å². The summed E-state index contributed by atoms with van der Waals surface area (Å²) in [6, 6.07) is -0.0354. The van der Waals surface area contributed by atoms with E-state index in [0.29, 0.717) is 5.69 Å². The first-order valence-electron chi connectivity index (χ1n) is 6.24. The third kappa shape index (κ3) is 2.20. The molecule has 0 aliphatic carbocycles. The molecule has 6 heteroatoms. The normalized spacial score (nSPS) is 19.5. The minimum Gasteiger partial charge on any atom is -0.396 e. The number of aromatic nitrogens is 2. The quantitative estimate of drug-likeness (QED) is 0.797. The number of anilines is 1. The maximum Gasteiger partial charge on any atom is 0.244 e. The van der Waals surface area contributed by atoms with Crippen LogP contribution in [0.1, 0.15) is 24.2 Å². The van der Waals surface area contributed by atoms with Gasteiger partial charge >= 0.3 is 0 Å². The lowest BCUT2D eigenvalue weighted by molar-refractivity contribution is -0.133. The highest BCUT2D eigenvalue weighted by molar-refractivity contribution is 5.77. The lowest BCUT2D eigenvalue weighted by Crippen LogP contribution is -2.39. The lowest BCUT2D eigenvalue weighted by atomic mass is 10.2. The molecule has 18 heavy (non-hydrogen) atoms. The molecule has 1 aromatic heterocycles. The van der Waals surface area contributed by atoms with E-state index in [1.54, 1.807) is 9.58 Å². The van der Waals surface area contributed by atoms with E-state index >= 15 is 0 Å². The molecule has 0 aromatic carbocycles. The molecule has 1 amide bonds. The molecular weight excluding hydrogens is 232 g/mol. The number of hydrogen-bond donors (Lipinski definition) is 2. The van der Waals surface area contributed by atoms with Crippen LogP contribution in [-0.2, 0) is 11.3 Å². The SMILES string of the molecule is Cc1nn(CC(=O)N2CCC[C@H]2CO)c(C)c1N. The van der Waals surface area contributed by atoms with Gasteiger partial charge in [-0.05, 0) is 26.7 Å². The second-order valence-electron chi connectivity index (χ2n) is 4.81. The highest BCUT2D eigenvalue weighted by Gasteiger charge is 2.28. The van der Waals surface area contributed by atoms with Gasteiger partial charge in [-0.2, -0.15) is 5.10 Å². The van der Waals surface area contributed by atoms with Gasteiger partial charge < -0.3 is 15.7 Å². The number of amides is 1. The van der Waals surface area contributed by atoms with Crippen molar-refractivity contribution in [3.63, 3.8) is 0 Å². The Kier molecular flexibility index (Phi) is 3.56. The molecule has 2 rings (SSSR count). The fraction of sp³-hybridized carbons (Fsp3) is 0.667. The molecule has 1 fully saturated rings. The summed E-state index contributed by atoms with van der Waals surface area (Å²) in [4.78, 5) is 13.9. The second-order valence-corrected chi connectivity index (χ2v) is 4.81. The minimum absolute atomic E-state index is 0.00264. The summed E-state index contributed by atoms with van der Waals surface area (Å²) < 4.78 is 1.64. The van der Waals surface area contributed by atoms with Gasteiger partial charge in [-0.15, -0.1) is 0 Å². The Morgan fingerprint density at radius 2 is 2.28 bits per heavy atom. The summed E-state index contributed by atoms with van der Waals surface area (Å²) in [6.07, 6.45) is 1.83. The number of nitrogen functional groups attached to an aromatic ring is 1. The van der Waals surface area contributed by atoms with Crippen LogP contribution in [0.15, 0.2) is 0 Å². The van der Waals surface area contributed by atoms with Crippen molar-refractivity contribution in [3.8, 4) is 0 Å². The summed E-state index contributed by atoms with van der Waals surface area (Å²) in [5.74, 6) is -0.00264. The molecule has 1 aliphatic heterocycles. The zero-order valence-electron chi connectivity index (χ0n) is 10.9. The molecule has 1 aliphatic rings. The smallest absolute Gasteiger partial charge is 0.244 e. The standard InChI is InChI=1S/C12H20N4O2/c1-8-12(13)9(2)16(14-8)6-11(18)15-5-3-4-10(15)7-17/h10,17H,3-7,13H2,1-2H3/t10-/m0/s1. The van der Waals surface area contributed by atoms with Crippen molar-refractivity contribution in [3.05, 3.63) is 11.4 Å². The van der Waals surface area contributed by atoms with Gasteiger partial charge in [0.25, 0.3) is 0 Å². The van der Waals surface area contributed by atoms with Crippen LogP contribution in [0.5, 0.6) is 0 Å². The molecular formula is C12H20N4O2. The summed E-state index contributed by atoms with van der Waals surface area (Å²) in [7, 11) is 0. The first-order chi connectivity index (χ1) is 8.54. The maximum absolute atomic E-state index is 12.2. The number of nitrogens with two attached hydrogens (primary N) is 1. The number of carbonyl (C=O) groups is 1. The predicted molar refractivity (Wildman–Crippen MR) is 67.9 cm³/mol. The zero-order valence-corrected chi connectivity index (χ0v) is 10.9. The zero-order chi connectivity index (χ0) is 13.3. The first kappa shape index (κ1) is 12.9. The van der Waals surface area contributed by atoms with Crippen molar-refractivity contribution < 1.29 is 9.90 Å². The van der Waals surface area contributed by atoms with E-state index in [4.69, 9.17) is 5.73 Å². The van der Waals surface area contributed by atoms with E-state index in [-0.39, 0.29) is 25.1 Å². The number of aliphatic hydroxyl groups excluding tert-OH is 1. The monoisotopic (exact) mass is 252 g/mol. The first-order valence-corrected chi connectivity index (χ1v) is 6.24. The number of rotatable bonds is 3. The van der Waals surface area contributed by atoms with Crippen LogP contribution in [0.25, 0.3) is 0 Å². The van der Waals surface area contributed by atoms with Crippen molar-refractivity contribution >= 4 is 11.6 Å². The van der Waals surface area contributed by atoms with Crippen LogP contribution in [0.2, 0.25) is 0 Å². The van der Waals surface area contributed by atoms with Crippen molar-refractivity contribution in [1.29, 1.82) is 0 Å². The minimum atomic E-state index is -0.0354. The maximum atomic E-state index is 12.2. The van der Waals surface area contributed by atoms with Crippen LogP contribution in [-0.4, -0.2) is 44.9 Å². The molecule has 6 nitrogen and oxygen atoms in total. The van der Waals surface area contributed by atoms with E-state index < -0.39 is 0 Å². The van der Waals surface area contributed by atoms with Gasteiger partial charge in [-0.25, -0.2) is 0 Å². The molecule has 2 heterocycles. The molecule has 0 bridgehead atoms. The largest absolute Gasteiger partial charge is 0.396 e. The predicted octanol–water partition coefficient (Wildman–Crippen LogP) is 0.0654. The van der Waals surface area contributed by atoms with Crippen LogP contribution >= 0.6 is 0 Å². The Balaban J connectivity index is 2.09. The molecule has 1 atom stereocenters. The number of aryl methyl sites for hydroxylation is 1. The third-order valence-electron chi connectivity index (χ3n) is 3.63. The number of aliphatic hydroxyl groups is 1. The topological polar surface area (TPSA) is 84.4 Å². The van der Waals surface area contributed by atoms with Crippen molar-refractivity contribution in [2.24, 2.45) is 0 Å². The Hall–Kier alpha value is -1.56. The van der Waals surface area contributed by atoms with Gasteiger partial charge in [0, 0.05) is 6.54 Å². The van der Waals surface area contributed by atoms with Gasteiger partial charge in [0.2, 0.25) is 5.91 Å². The molecule has 0 saturated carbocycles. The van der Waals surface area contributed by atoms with Gasteiger partial charge in [0.1, 0.15) is 6.54 Å². The second kappa shape index (κ2) is 4.97. The van der Waals surface area contributed by atoms with Crippen molar-refractivity contribution in [2.75, 3.05) is 18.9 Å². The van der Waals surface area contributed by atoms with E-state index in [9.17, 15) is 9.90 Å². The van der Waals surface area contributed by atoms with Gasteiger partial charge in [0.15, 0.2) is 0 Å². The fourth-order valence-electron chi connectivity index (χ4n) is 2.44. The van der Waals surface area contributed by atoms with Crippen molar-refractivity contribution in [1.82, 2.24) is 14.7 Å². The molecule has 0 radical (unpaired) electrons. The highest BCUT2D eigenvalue weighted by Crippen LogP contribution is 2.19. The van der Waals surface area contributed by atoms with E-state index in [2.05, 4.69) is 5.10 Å². The van der Waals surface area contributed by atoms with Crippen LogP contribution in [0.3, 0.4) is 0 Å². The fourth-order valence-corrected chi connectivity index (χ4v) is 2.44. The van der Waals surface area contributed by atoms with Gasteiger partial charge in [0.05, 0.1) is 29.7 Å². The molecule has 0 spiro atoms. The van der Waals surface area contributed by atoms with Crippen LogP contribution in [0, 0.1) is 13.8 Å². The van der Waals surface area contributed by atoms with Gasteiger partial charge in [-0.1, -0.05) is 0 Å². The summed E-state index contributed by atoms with van der Waals surface area (Å²) in [5.41, 5.74) is 8.05. The number of carbonyl (C=O) groups excluding carboxylic acids is 1. The van der Waals surface area contributed by atoms with Crippen LogP contribution in [0.4, 0.5) is 5.69 Å². The van der Waals surface area contributed by atoms with Gasteiger partial charge in [-0.3, -0.25) is 9.48 Å². The number of nitrogens with zero attached hydrogens (tertiary/aromatic N) is 3. The summed E-state index contributed by atoms with van der Waals surface area (Å²) in [5, 5.41) is 13.5. The Bertz CT molecular complexity index is 455. The molecule has 3 N–H and O–H groups in total. The molecule has 1 aromatic rings. The Morgan fingerprint density at radius 3 is 2.83 bits per heavy atom. The Morgan fingerprint density at radius 1 is 1.56 bits per heavy atom. The summed E-state index contributed by atoms with van der Waals surface area (Å²) in [6.45, 7) is 4.63. The van der Waals surface area contributed by atoms with Crippen molar-refractivity contribution in [2.45, 2.75) is 39.3 Å². The summed E-state index contributed by atoms with van der Waals surface area (Å²) >= 11 is 0. The highest BCUT2D eigenvalue weighted by atomic mass is 16.3. The third-order valence-corrected chi connectivity index (χ3v) is 3.63. The van der Waals surface area contributed by atoms with E-state index in [0.717, 1.165) is 30.8 Å². The van der Waals surface area contributed by atoms with E-state index in [1.165, 1.54) is 0 Å². The Labute approximate surface area is 106 Å². The molecule has 100 valence electrons. The average molecular weight is 252 g/mol. The molecule has 1 saturated heterocycles. The average Bonchev–Trinajstić information content (AvgIpc) is 2.91. The van der Waals surface area contributed by atoms with E-state index in [1.807, 2.05) is 13.8 Å².